The van der Waals surface area contributed by atoms with E-state index in [1.165, 1.54) is 0 Å². The second kappa shape index (κ2) is 13.9. The quantitative estimate of drug-likeness (QED) is 0.314. The third-order valence-corrected chi connectivity index (χ3v) is 6.22. The molecule has 0 aromatic heterocycles. The monoisotopic (exact) mass is 542 g/mol. The highest BCUT2D eigenvalue weighted by Gasteiger charge is 2.31. The molecule has 3 rings (SSSR count). The average molecular weight is 543 g/mol. The molecule has 3 aromatic rings. The maximum Gasteiger partial charge on any atom is 0.261 e. The topological polar surface area (TPSA) is 67.9 Å². The van der Waals surface area contributed by atoms with E-state index in [1.54, 1.807) is 30.2 Å². The standard InChI is InChI=1S/C29H32Cl2N2O4/c1-20(2)17-32-29(35)26(15-21-8-5-4-6-9-21)33(18-22-10-7-11-24(14-22)36-3)28(34)19-37-27-13-12-23(30)16-25(27)31/h4-14,16,20,26H,15,17-19H2,1-3H3,(H,32,35). The maximum atomic E-state index is 13.6. The number of halogens is 2. The summed E-state index contributed by atoms with van der Waals surface area (Å²) in [5.41, 5.74) is 1.77. The van der Waals surface area contributed by atoms with Gasteiger partial charge in [-0.05, 0) is 47.4 Å². The Bertz CT molecular complexity index is 1190. The molecule has 0 aliphatic heterocycles. The molecule has 1 N–H and O–H groups in total. The Balaban J connectivity index is 1.92. The van der Waals surface area contributed by atoms with Crippen molar-refractivity contribution in [2.24, 2.45) is 5.92 Å². The molecule has 0 bridgehead atoms. The first-order chi connectivity index (χ1) is 17.8. The number of rotatable bonds is 12. The maximum absolute atomic E-state index is 13.6. The van der Waals surface area contributed by atoms with Crippen molar-refractivity contribution in [1.29, 1.82) is 0 Å². The highest BCUT2D eigenvalue weighted by atomic mass is 35.5. The van der Waals surface area contributed by atoms with Gasteiger partial charge in [-0.1, -0.05) is 79.5 Å². The predicted molar refractivity (Wildman–Crippen MR) is 147 cm³/mol. The summed E-state index contributed by atoms with van der Waals surface area (Å²) in [5.74, 6) is 0.689. The van der Waals surface area contributed by atoms with Crippen LogP contribution >= 0.6 is 23.2 Å². The Labute approximate surface area is 228 Å². The molecule has 0 heterocycles. The number of methoxy groups -OCH3 is 1. The van der Waals surface area contributed by atoms with Crippen molar-refractivity contribution >= 4 is 35.0 Å². The zero-order valence-electron chi connectivity index (χ0n) is 21.2. The molecule has 37 heavy (non-hydrogen) atoms. The second-order valence-electron chi connectivity index (χ2n) is 9.08. The van der Waals surface area contributed by atoms with E-state index in [1.807, 2.05) is 68.4 Å². The molecule has 1 atom stereocenters. The molecule has 0 saturated carbocycles. The van der Waals surface area contributed by atoms with Crippen LogP contribution in [0.4, 0.5) is 0 Å². The first kappa shape index (κ1) is 28.4. The van der Waals surface area contributed by atoms with Crippen molar-refractivity contribution < 1.29 is 19.1 Å². The van der Waals surface area contributed by atoms with E-state index in [0.29, 0.717) is 34.5 Å². The number of benzene rings is 3. The van der Waals surface area contributed by atoms with Gasteiger partial charge in [0.25, 0.3) is 5.91 Å². The van der Waals surface area contributed by atoms with Crippen LogP contribution in [0.1, 0.15) is 25.0 Å². The first-order valence-electron chi connectivity index (χ1n) is 12.1. The lowest BCUT2D eigenvalue weighted by Crippen LogP contribution is -2.52. The Morgan fingerprint density at radius 3 is 2.35 bits per heavy atom. The normalized spacial score (nSPS) is 11.6. The van der Waals surface area contributed by atoms with Crippen LogP contribution in [-0.4, -0.2) is 43.0 Å². The molecule has 1 unspecified atom stereocenters. The third-order valence-electron chi connectivity index (χ3n) is 5.69. The molecule has 2 amide bonds. The van der Waals surface area contributed by atoms with Gasteiger partial charge in [-0.3, -0.25) is 9.59 Å². The van der Waals surface area contributed by atoms with Crippen molar-refractivity contribution in [3.63, 3.8) is 0 Å². The summed E-state index contributed by atoms with van der Waals surface area (Å²) in [6.07, 6.45) is 0.349. The lowest BCUT2D eigenvalue weighted by atomic mass is 10.0. The van der Waals surface area contributed by atoms with Crippen LogP contribution in [0.15, 0.2) is 72.8 Å². The Morgan fingerprint density at radius 2 is 1.68 bits per heavy atom. The van der Waals surface area contributed by atoms with Crippen molar-refractivity contribution in [2.45, 2.75) is 32.9 Å². The van der Waals surface area contributed by atoms with Gasteiger partial charge in [-0.25, -0.2) is 0 Å². The van der Waals surface area contributed by atoms with Gasteiger partial charge in [0.2, 0.25) is 5.91 Å². The van der Waals surface area contributed by atoms with Crippen LogP contribution in [0.25, 0.3) is 0 Å². The number of amides is 2. The molecule has 196 valence electrons. The average Bonchev–Trinajstić information content (AvgIpc) is 2.89. The Kier molecular flexibility index (Phi) is 10.7. The lowest BCUT2D eigenvalue weighted by Gasteiger charge is -2.32. The molecular formula is C29H32Cl2N2O4. The molecule has 0 radical (unpaired) electrons. The molecule has 3 aromatic carbocycles. The van der Waals surface area contributed by atoms with Crippen LogP contribution in [0.3, 0.4) is 0 Å². The summed E-state index contributed by atoms with van der Waals surface area (Å²) in [6.45, 7) is 4.45. The first-order valence-corrected chi connectivity index (χ1v) is 12.8. The predicted octanol–water partition coefficient (Wildman–Crippen LogP) is 5.79. The largest absolute Gasteiger partial charge is 0.497 e. The summed E-state index contributed by atoms with van der Waals surface area (Å²) in [5, 5.41) is 3.77. The minimum absolute atomic E-state index is 0.195. The van der Waals surface area contributed by atoms with Gasteiger partial charge in [0, 0.05) is 24.5 Å². The minimum atomic E-state index is -0.760. The summed E-state index contributed by atoms with van der Waals surface area (Å²) in [7, 11) is 1.59. The molecule has 0 saturated heterocycles. The fraction of sp³-hybridized carbons (Fsp3) is 0.310. The van der Waals surface area contributed by atoms with Crippen molar-refractivity contribution in [2.75, 3.05) is 20.3 Å². The Morgan fingerprint density at radius 1 is 0.946 bits per heavy atom. The Hall–Kier alpha value is -3.22. The van der Waals surface area contributed by atoms with Crippen LogP contribution in [0.5, 0.6) is 11.5 Å². The van der Waals surface area contributed by atoms with E-state index in [2.05, 4.69) is 5.32 Å². The molecule has 6 nitrogen and oxygen atoms in total. The van der Waals surface area contributed by atoms with E-state index in [-0.39, 0.29) is 30.9 Å². The molecule has 0 aliphatic carbocycles. The van der Waals surface area contributed by atoms with E-state index < -0.39 is 6.04 Å². The second-order valence-corrected chi connectivity index (χ2v) is 9.92. The summed E-state index contributed by atoms with van der Waals surface area (Å²) in [4.78, 5) is 28.7. The fourth-order valence-electron chi connectivity index (χ4n) is 3.76. The van der Waals surface area contributed by atoms with Gasteiger partial charge >= 0.3 is 0 Å². The van der Waals surface area contributed by atoms with Gasteiger partial charge in [-0.2, -0.15) is 0 Å². The zero-order valence-corrected chi connectivity index (χ0v) is 22.8. The van der Waals surface area contributed by atoms with Gasteiger partial charge in [-0.15, -0.1) is 0 Å². The van der Waals surface area contributed by atoms with Crippen LogP contribution in [0, 0.1) is 5.92 Å². The number of nitrogens with zero attached hydrogens (tertiary/aromatic N) is 1. The third kappa shape index (κ3) is 8.69. The van der Waals surface area contributed by atoms with Gasteiger partial charge in [0.15, 0.2) is 6.61 Å². The number of carbonyl (C=O) groups excluding carboxylic acids is 2. The molecule has 8 heteroatoms. The lowest BCUT2D eigenvalue weighted by molar-refractivity contribution is -0.142. The van der Waals surface area contributed by atoms with Crippen LogP contribution < -0.4 is 14.8 Å². The summed E-state index contributed by atoms with van der Waals surface area (Å²) < 4.78 is 11.1. The number of hydrogen-bond donors (Lipinski definition) is 1. The smallest absolute Gasteiger partial charge is 0.261 e. The van der Waals surface area contributed by atoms with E-state index in [9.17, 15) is 9.59 Å². The number of nitrogens with one attached hydrogen (secondary N) is 1. The highest BCUT2D eigenvalue weighted by molar-refractivity contribution is 6.35. The van der Waals surface area contributed by atoms with E-state index in [4.69, 9.17) is 32.7 Å². The van der Waals surface area contributed by atoms with Crippen molar-refractivity contribution in [3.8, 4) is 11.5 Å². The summed E-state index contributed by atoms with van der Waals surface area (Å²) in [6, 6.07) is 21.1. The highest BCUT2D eigenvalue weighted by Crippen LogP contribution is 2.28. The van der Waals surface area contributed by atoms with E-state index in [0.717, 1.165) is 11.1 Å². The SMILES string of the molecule is COc1cccc(CN(C(=O)COc2ccc(Cl)cc2Cl)C(Cc2ccccc2)C(=O)NCC(C)C)c1. The molecule has 0 spiro atoms. The van der Waals surface area contributed by atoms with Crippen molar-refractivity contribution in [3.05, 3.63) is 94.0 Å². The van der Waals surface area contributed by atoms with Crippen LogP contribution in [-0.2, 0) is 22.6 Å². The minimum Gasteiger partial charge on any atom is -0.497 e. The zero-order chi connectivity index (χ0) is 26.8. The molecule has 0 fully saturated rings. The number of hydrogen-bond acceptors (Lipinski definition) is 4. The van der Waals surface area contributed by atoms with Crippen molar-refractivity contribution in [1.82, 2.24) is 10.2 Å². The fourth-order valence-corrected chi connectivity index (χ4v) is 4.22. The van der Waals surface area contributed by atoms with Gasteiger partial charge in [0.1, 0.15) is 17.5 Å². The number of carbonyl (C=O) groups is 2. The summed E-state index contributed by atoms with van der Waals surface area (Å²) >= 11 is 12.2. The van der Waals surface area contributed by atoms with Gasteiger partial charge in [0.05, 0.1) is 12.1 Å². The van der Waals surface area contributed by atoms with Gasteiger partial charge < -0.3 is 19.7 Å². The van der Waals surface area contributed by atoms with E-state index >= 15 is 0 Å². The van der Waals surface area contributed by atoms with Crippen LogP contribution in [0.2, 0.25) is 10.0 Å². The molecule has 0 aliphatic rings. The number of ether oxygens (including phenoxy) is 2. The molecular weight excluding hydrogens is 511 g/mol.